The van der Waals surface area contributed by atoms with E-state index in [1.54, 1.807) is 0 Å². The van der Waals surface area contributed by atoms with Crippen molar-refractivity contribution in [1.82, 2.24) is 0 Å². The smallest absolute Gasteiger partial charge is 0.198 e. The average molecular weight is 135 g/mol. The Morgan fingerprint density at radius 2 is 2.40 bits per heavy atom. The van der Waals surface area contributed by atoms with Crippen molar-refractivity contribution in [2.75, 3.05) is 0 Å². The lowest BCUT2D eigenvalue weighted by Gasteiger charge is -2.09. The Balaban J connectivity index is 2.23. The zero-order valence-electron chi connectivity index (χ0n) is 5.92. The van der Waals surface area contributed by atoms with Gasteiger partial charge in [-0.05, 0) is 18.8 Å². The second-order valence-electron chi connectivity index (χ2n) is 2.49. The molecule has 0 aromatic carbocycles. The van der Waals surface area contributed by atoms with E-state index in [-0.39, 0.29) is 0 Å². The second-order valence-corrected chi connectivity index (χ2v) is 2.49. The molecular formula is C9H11O. The largest absolute Gasteiger partial charge is 0.291 e. The van der Waals surface area contributed by atoms with Crippen LogP contribution in [0.5, 0.6) is 0 Å². The highest BCUT2D eigenvalue weighted by molar-refractivity contribution is 5.50. The van der Waals surface area contributed by atoms with Gasteiger partial charge in [-0.25, -0.2) is 0 Å². The minimum absolute atomic E-state index is 0.572. The normalized spacial score (nSPS) is 23.0. The Hall–Kier alpha value is -0.850. The van der Waals surface area contributed by atoms with Crippen molar-refractivity contribution in [3.8, 4) is 0 Å². The molecular weight excluding hydrogens is 124 g/mol. The predicted octanol–water partition coefficient (Wildman–Crippen LogP) is 2.01. The summed E-state index contributed by atoms with van der Waals surface area (Å²) in [5.41, 5.74) is 0. The van der Waals surface area contributed by atoms with Gasteiger partial charge in [-0.15, -0.1) is 0 Å². The Morgan fingerprint density at radius 1 is 1.50 bits per heavy atom. The first-order valence-corrected chi connectivity index (χ1v) is 3.62. The maximum absolute atomic E-state index is 9.88. The van der Waals surface area contributed by atoms with Gasteiger partial charge in [0.15, 0.2) is 6.29 Å². The molecule has 1 aliphatic carbocycles. The van der Waals surface area contributed by atoms with Crippen LogP contribution in [-0.4, -0.2) is 6.29 Å². The van der Waals surface area contributed by atoms with Gasteiger partial charge in [-0.1, -0.05) is 24.3 Å². The second kappa shape index (κ2) is 4.04. The topological polar surface area (TPSA) is 17.1 Å². The van der Waals surface area contributed by atoms with Crippen LogP contribution in [0.25, 0.3) is 0 Å². The van der Waals surface area contributed by atoms with Crippen LogP contribution in [0.15, 0.2) is 24.3 Å². The molecule has 1 unspecified atom stereocenters. The summed E-state index contributed by atoms with van der Waals surface area (Å²) in [5.74, 6) is 0.575. The number of hydrogen-bond donors (Lipinski definition) is 0. The van der Waals surface area contributed by atoms with E-state index in [1.807, 2.05) is 18.4 Å². The van der Waals surface area contributed by atoms with Gasteiger partial charge in [0.1, 0.15) is 0 Å². The summed E-state index contributed by atoms with van der Waals surface area (Å²) < 4.78 is 0. The molecule has 0 spiro atoms. The molecule has 0 fully saturated rings. The summed E-state index contributed by atoms with van der Waals surface area (Å²) in [4.78, 5) is 9.88. The van der Waals surface area contributed by atoms with Crippen molar-refractivity contribution in [2.45, 2.75) is 19.3 Å². The third-order valence-electron chi connectivity index (χ3n) is 1.69. The minimum Gasteiger partial charge on any atom is -0.291 e. The van der Waals surface area contributed by atoms with E-state index in [0.717, 1.165) is 12.8 Å². The zero-order chi connectivity index (χ0) is 7.23. The summed E-state index contributed by atoms with van der Waals surface area (Å²) in [7, 11) is 0. The quantitative estimate of drug-likeness (QED) is 0.578. The van der Waals surface area contributed by atoms with Gasteiger partial charge in [0.2, 0.25) is 0 Å². The third-order valence-corrected chi connectivity index (χ3v) is 1.69. The fraction of sp³-hybridized carbons (Fsp3) is 0.444. The molecule has 1 radical (unpaired) electrons. The van der Waals surface area contributed by atoms with Gasteiger partial charge in [-0.3, -0.25) is 4.79 Å². The van der Waals surface area contributed by atoms with Crippen LogP contribution >= 0.6 is 0 Å². The Labute approximate surface area is 61.4 Å². The van der Waals surface area contributed by atoms with Crippen LogP contribution in [0.3, 0.4) is 0 Å². The van der Waals surface area contributed by atoms with Crippen molar-refractivity contribution in [3.05, 3.63) is 24.3 Å². The Kier molecular flexibility index (Phi) is 2.94. The highest BCUT2D eigenvalue weighted by Crippen LogP contribution is 2.15. The molecule has 0 saturated heterocycles. The van der Waals surface area contributed by atoms with Gasteiger partial charge in [0.25, 0.3) is 0 Å². The van der Waals surface area contributed by atoms with E-state index in [0.29, 0.717) is 12.3 Å². The van der Waals surface area contributed by atoms with Crippen LogP contribution in [0.1, 0.15) is 19.3 Å². The molecule has 0 aliphatic heterocycles. The average Bonchev–Trinajstić information content (AvgIpc) is 2.03. The standard InChI is InChI=1S/C9H11O/c10-8-4-7-9-5-2-1-3-6-9/h1-3,5,9H,4,6-7H2. The molecule has 0 bridgehead atoms. The number of carbonyl (C=O) groups excluding carboxylic acids is 1. The maximum Gasteiger partial charge on any atom is 0.198 e. The number of hydrogen-bond acceptors (Lipinski definition) is 1. The summed E-state index contributed by atoms with van der Waals surface area (Å²) in [6.07, 6.45) is 12.9. The minimum atomic E-state index is 0.572. The molecule has 0 aromatic rings. The molecule has 0 aromatic heterocycles. The van der Waals surface area contributed by atoms with Crippen molar-refractivity contribution < 1.29 is 4.79 Å². The summed E-state index contributed by atoms with van der Waals surface area (Å²) >= 11 is 0. The lowest BCUT2D eigenvalue weighted by molar-refractivity contribution is 0.533. The van der Waals surface area contributed by atoms with Crippen LogP contribution in [0.4, 0.5) is 0 Å². The lowest BCUT2D eigenvalue weighted by atomic mass is 9.96. The van der Waals surface area contributed by atoms with E-state index >= 15 is 0 Å². The molecule has 1 rings (SSSR count). The van der Waals surface area contributed by atoms with Crippen LogP contribution in [0, 0.1) is 5.92 Å². The molecule has 1 aliphatic rings. The zero-order valence-corrected chi connectivity index (χ0v) is 5.92. The summed E-state index contributed by atoms with van der Waals surface area (Å²) in [6, 6.07) is 0. The van der Waals surface area contributed by atoms with Crippen LogP contribution < -0.4 is 0 Å². The number of allylic oxidation sites excluding steroid dienone is 4. The van der Waals surface area contributed by atoms with Crippen molar-refractivity contribution in [2.24, 2.45) is 5.92 Å². The molecule has 1 atom stereocenters. The van der Waals surface area contributed by atoms with Gasteiger partial charge >= 0.3 is 0 Å². The summed E-state index contributed by atoms with van der Waals surface area (Å²) in [5, 5.41) is 0. The molecule has 0 saturated carbocycles. The first-order chi connectivity index (χ1) is 4.93. The molecule has 0 heterocycles. The molecule has 53 valence electrons. The van der Waals surface area contributed by atoms with Crippen molar-refractivity contribution in [3.63, 3.8) is 0 Å². The van der Waals surface area contributed by atoms with Gasteiger partial charge in [-0.2, -0.15) is 0 Å². The number of rotatable bonds is 3. The van der Waals surface area contributed by atoms with Crippen LogP contribution in [0.2, 0.25) is 0 Å². The highest BCUT2D eigenvalue weighted by atomic mass is 16.1. The van der Waals surface area contributed by atoms with Crippen molar-refractivity contribution >= 4 is 6.29 Å². The van der Waals surface area contributed by atoms with E-state index in [4.69, 9.17) is 0 Å². The van der Waals surface area contributed by atoms with Crippen molar-refractivity contribution in [1.29, 1.82) is 0 Å². The van der Waals surface area contributed by atoms with E-state index in [2.05, 4.69) is 12.2 Å². The monoisotopic (exact) mass is 135 g/mol. The fourth-order valence-corrected chi connectivity index (χ4v) is 1.09. The molecule has 0 amide bonds. The van der Waals surface area contributed by atoms with Gasteiger partial charge in [0.05, 0.1) is 0 Å². The third kappa shape index (κ3) is 2.18. The predicted molar refractivity (Wildman–Crippen MR) is 41.3 cm³/mol. The van der Waals surface area contributed by atoms with E-state index in [9.17, 15) is 4.79 Å². The van der Waals surface area contributed by atoms with Gasteiger partial charge in [0, 0.05) is 6.42 Å². The van der Waals surface area contributed by atoms with Gasteiger partial charge < -0.3 is 0 Å². The Morgan fingerprint density at radius 3 is 3.00 bits per heavy atom. The maximum atomic E-state index is 9.88. The summed E-state index contributed by atoms with van der Waals surface area (Å²) in [6.45, 7) is 0. The molecule has 10 heavy (non-hydrogen) atoms. The van der Waals surface area contributed by atoms with E-state index in [1.165, 1.54) is 0 Å². The first-order valence-electron chi connectivity index (χ1n) is 3.62. The van der Waals surface area contributed by atoms with E-state index < -0.39 is 0 Å². The lowest BCUT2D eigenvalue weighted by Crippen LogP contribution is -1.97. The Bertz CT molecular complexity index is 156. The molecule has 0 N–H and O–H groups in total. The molecule has 1 heteroatoms. The first kappa shape index (κ1) is 7.26. The fourth-order valence-electron chi connectivity index (χ4n) is 1.09. The SMILES string of the molecule is O=[C]CCC1C=CC=CC1. The highest BCUT2D eigenvalue weighted by Gasteiger charge is 2.03. The molecule has 1 nitrogen and oxygen atoms in total. The van der Waals surface area contributed by atoms with Crippen LogP contribution in [-0.2, 0) is 4.79 Å².